The lowest BCUT2D eigenvalue weighted by Crippen LogP contribution is -2.33. The first kappa shape index (κ1) is 20.2. The zero-order valence-electron chi connectivity index (χ0n) is 15.4. The molecule has 26 heavy (non-hydrogen) atoms. The van der Waals surface area contributed by atoms with Gasteiger partial charge in [-0.05, 0) is 42.2 Å². The van der Waals surface area contributed by atoms with Crippen LogP contribution in [0.25, 0.3) is 0 Å². The van der Waals surface area contributed by atoms with Crippen molar-refractivity contribution in [1.82, 2.24) is 5.32 Å². The number of hydrogen-bond acceptors (Lipinski definition) is 3. The Balaban J connectivity index is 2.05. The van der Waals surface area contributed by atoms with E-state index in [0.29, 0.717) is 16.5 Å². The molecule has 140 valence electrons. The number of rotatable bonds is 7. The molecule has 0 saturated carbocycles. The number of benzene rings is 2. The monoisotopic (exact) mass is 378 g/mol. The largest absolute Gasteiger partial charge is 0.495 e. The third kappa shape index (κ3) is 5.19. The highest BCUT2D eigenvalue weighted by Gasteiger charge is 2.17. The number of ether oxygens (including phenoxy) is 1. The van der Waals surface area contributed by atoms with Gasteiger partial charge in [0.15, 0.2) is 0 Å². The van der Waals surface area contributed by atoms with Crippen molar-refractivity contribution >= 4 is 23.2 Å². The van der Waals surface area contributed by atoms with Crippen molar-refractivity contribution in [3.05, 3.63) is 58.4 Å². The summed E-state index contributed by atoms with van der Waals surface area (Å²) in [6.45, 7) is 6.07. The second-order valence-electron chi connectivity index (χ2n) is 6.50. The Kier molecular flexibility index (Phi) is 7.00. The molecule has 0 aliphatic heterocycles. The van der Waals surface area contributed by atoms with Crippen LogP contribution in [0.3, 0.4) is 0 Å². The predicted molar refractivity (Wildman–Crippen MR) is 103 cm³/mol. The van der Waals surface area contributed by atoms with Crippen LogP contribution in [0.4, 0.5) is 10.1 Å². The van der Waals surface area contributed by atoms with E-state index in [0.717, 1.165) is 11.1 Å². The Morgan fingerprint density at radius 1 is 1.23 bits per heavy atom. The van der Waals surface area contributed by atoms with E-state index in [1.54, 1.807) is 24.3 Å². The summed E-state index contributed by atoms with van der Waals surface area (Å²) in [5.41, 5.74) is 2.36. The molecule has 0 fully saturated rings. The summed E-state index contributed by atoms with van der Waals surface area (Å²) in [5.74, 6) is 0.269. The van der Waals surface area contributed by atoms with Crippen molar-refractivity contribution in [2.75, 3.05) is 19.0 Å². The third-order valence-corrected chi connectivity index (χ3v) is 4.54. The smallest absolute Gasteiger partial charge is 0.238 e. The standard InChI is InChI=1S/C20H24ClFN2O2/c1-12(2)20(14-5-7-15(22)8-6-14)23-11-19(25)24-17-9-13(3)16(21)10-18(17)26-4/h5-10,12,20,23H,11H2,1-4H3,(H,24,25)/t20-/m1/s1. The average molecular weight is 379 g/mol. The van der Waals surface area contributed by atoms with Crippen LogP contribution in [0.5, 0.6) is 5.75 Å². The number of hydrogen-bond donors (Lipinski definition) is 2. The minimum atomic E-state index is -0.279. The molecule has 6 heteroatoms. The fraction of sp³-hybridized carbons (Fsp3) is 0.350. The van der Waals surface area contributed by atoms with Gasteiger partial charge < -0.3 is 15.4 Å². The summed E-state index contributed by atoms with van der Waals surface area (Å²) in [6, 6.07) is 9.71. The lowest BCUT2D eigenvalue weighted by atomic mass is 9.96. The quantitative estimate of drug-likeness (QED) is 0.732. The van der Waals surface area contributed by atoms with E-state index >= 15 is 0 Å². The van der Waals surface area contributed by atoms with Crippen molar-refractivity contribution in [3.8, 4) is 5.75 Å². The molecule has 4 nitrogen and oxygen atoms in total. The average Bonchev–Trinajstić information content (AvgIpc) is 2.59. The normalized spacial score (nSPS) is 12.1. The van der Waals surface area contributed by atoms with E-state index in [1.807, 2.05) is 20.8 Å². The Morgan fingerprint density at radius 2 is 1.88 bits per heavy atom. The maximum absolute atomic E-state index is 13.1. The highest BCUT2D eigenvalue weighted by Crippen LogP contribution is 2.31. The van der Waals surface area contributed by atoms with Crippen LogP contribution >= 0.6 is 11.6 Å². The first-order valence-corrected chi connectivity index (χ1v) is 8.82. The van der Waals surface area contributed by atoms with Crippen molar-refractivity contribution in [3.63, 3.8) is 0 Å². The summed E-state index contributed by atoms with van der Waals surface area (Å²) in [6.07, 6.45) is 0. The molecule has 2 N–H and O–H groups in total. The number of nitrogens with one attached hydrogen (secondary N) is 2. The summed E-state index contributed by atoms with van der Waals surface area (Å²) < 4.78 is 18.4. The highest BCUT2D eigenvalue weighted by atomic mass is 35.5. The number of halogens is 2. The van der Waals surface area contributed by atoms with Crippen LogP contribution in [0.15, 0.2) is 36.4 Å². The molecule has 0 radical (unpaired) electrons. The van der Waals surface area contributed by atoms with E-state index in [9.17, 15) is 9.18 Å². The van der Waals surface area contributed by atoms with Gasteiger partial charge in [-0.3, -0.25) is 4.79 Å². The highest BCUT2D eigenvalue weighted by molar-refractivity contribution is 6.31. The Hall–Kier alpha value is -2.11. The molecule has 2 aromatic carbocycles. The molecule has 0 bridgehead atoms. The van der Waals surface area contributed by atoms with Crippen LogP contribution in [0.1, 0.15) is 31.0 Å². The molecular formula is C20H24ClFN2O2. The molecule has 1 atom stereocenters. The van der Waals surface area contributed by atoms with E-state index in [2.05, 4.69) is 10.6 Å². The number of aryl methyl sites for hydroxylation is 1. The minimum Gasteiger partial charge on any atom is -0.495 e. The van der Waals surface area contributed by atoms with E-state index in [4.69, 9.17) is 16.3 Å². The Morgan fingerprint density at radius 3 is 2.46 bits per heavy atom. The Labute approximate surface area is 158 Å². The molecule has 0 aromatic heterocycles. The van der Waals surface area contributed by atoms with Crippen molar-refractivity contribution < 1.29 is 13.9 Å². The van der Waals surface area contributed by atoms with Gasteiger partial charge >= 0.3 is 0 Å². The van der Waals surface area contributed by atoms with Crippen molar-refractivity contribution in [2.45, 2.75) is 26.8 Å². The zero-order chi connectivity index (χ0) is 19.3. The number of amides is 1. The first-order valence-electron chi connectivity index (χ1n) is 8.44. The minimum absolute atomic E-state index is 0.0600. The second-order valence-corrected chi connectivity index (χ2v) is 6.91. The van der Waals surface area contributed by atoms with Crippen LogP contribution in [-0.2, 0) is 4.79 Å². The summed E-state index contributed by atoms with van der Waals surface area (Å²) in [7, 11) is 1.53. The van der Waals surface area contributed by atoms with Gasteiger partial charge in [0.1, 0.15) is 11.6 Å². The molecule has 0 unspecified atom stereocenters. The number of anilines is 1. The fourth-order valence-electron chi connectivity index (χ4n) is 2.74. The lowest BCUT2D eigenvalue weighted by molar-refractivity contribution is -0.115. The van der Waals surface area contributed by atoms with Gasteiger partial charge in [-0.1, -0.05) is 37.6 Å². The second kappa shape index (κ2) is 9.01. The van der Waals surface area contributed by atoms with Crippen molar-refractivity contribution in [1.29, 1.82) is 0 Å². The maximum Gasteiger partial charge on any atom is 0.238 e. The molecule has 2 aromatic rings. The maximum atomic E-state index is 13.1. The number of carbonyl (C=O) groups excluding carboxylic acids is 1. The summed E-state index contributed by atoms with van der Waals surface area (Å²) >= 11 is 6.09. The number of carbonyl (C=O) groups is 1. The van der Waals surface area contributed by atoms with E-state index in [1.165, 1.54) is 19.2 Å². The van der Waals surface area contributed by atoms with E-state index < -0.39 is 0 Å². The van der Waals surface area contributed by atoms with Crippen LogP contribution in [0.2, 0.25) is 5.02 Å². The number of methoxy groups -OCH3 is 1. The van der Waals surface area contributed by atoms with Crippen LogP contribution in [-0.4, -0.2) is 19.6 Å². The van der Waals surface area contributed by atoms with Gasteiger partial charge in [-0.2, -0.15) is 0 Å². The first-order chi connectivity index (χ1) is 12.3. The molecule has 0 aliphatic rings. The van der Waals surface area contributed by atoms with Crippen LogP contribution < -0.4 is 15.4 Å². The summed E-state index contributed by atoms with van der Waals surface area (Å²) in [5, 5.41) is 6.65. The SMILES string of the molecule is COc1cc(Cl)c(C)cc1NC(=O)CN[C@@H](c1ccc(F)cc1)C(C)C. The molecule has 0 spiro atoms. The molecular weight excluding hydrogens is 355 g/mol. The van der Waals surface area contributed by atoms with Gasteiger partial charge in [-0.25, -0.2) is 4.39 Å². The summed E-state index contributed by atoms with van der Waals surface area (Å²) in [4.78, 5) is 12.4. The molecule has 1 amide bonds. The van der Waals surface area contributed by atoms with Gasteiger partial charge in [0.25, 0.3) is 0 Å². The fourth-order valence-corrected chi connectivity index (χ4v) is 2.89. The van der Waals surface area contributed by atoms with Crippen LogP contribution in [0, 0.1) is 18.7 Å². The molecule has 2 rings (SSSR count). The molecule has 0 saturated heterocycles. The topological polar surface area (TPSA) is 50.4 Å². The lowest BCUT2D eigenvalue weighted by Gasteiger charge is -2.23. The van der Waals surface area contributed by atoms with E-state index in [-0.39, 0.29) is 30.2 Å². The molecule has 0 heterocycles. The van der Waals surface area contributed by atoms with Crippen molar-refractivity contribution in [2.24, 2.45) is 5.92 Å². The molecule has 0 aliphatic carbocycles. The van der Waals surface area contributed by atoms with Gasteiger partial charge in [0, 0.05) is 17.1 Å². The van der Waals surface area contributed by atoms with Gasteiger partial charge in [0.2, 0.25) is 5.91 Å². The van der Waals surface area contributed by atoms with Gasteiger partial charge in [-0.15, -0.1) is 0 Å². The third-order valence-electron chi connectivity index (χ3n) is 4.13. The Bertz CT molecular complexity index is 763. The predicted octanol–water partition coefficient (Wildman–Crippen LogP) is 4.72. The van der Waals surface area contributed by atoms with Gasteiger partial charge in [0.05, 0.1) is 19.3 Å². The zero-order valence-corrected chi connectivity index (χ0v) is 16.2.